The number of hydrogen-bond donors (Lipinski definition) is 2. The number of rotatable bonds is 3. The summed E-state index contributed by atoms with van der Waals surface area (Å²) in [4.78, 5) is 32.9. The Kier molecular flexibility index (Phi) is 3.78. The molecule has 0 spiro atoms. The monoisotopic (exact) mass is 307 g/mol. The zero-order chi connectivity index (χ0) is 15.9. The van der Waals surface area contributed by atoms with Gasteiger partial charge in [-0.2, -0.15) is 4.98 Å². The maximum atomic E-state index is 12.2. The van der Waals surface area contributed by atoms with Crippen molar-refractivity contribution in [2.24, 2.45) is 7.05 Å². The number of nitrogens with one attached hydrogen (secondary N) is 1. The van der Waals surface area contributed by atoms with Crippen LogP contribution in [-0.4, -0.2) is 43.4 Å². The van der Waals surface area contributed by atoms with E-state index in [1.54, 1.807) is 18.5 Å². The molecular formula is C14H21N5O3. The van der Waals surface area contributed by atoms with Gasteiger partial charge in [0.15, 0.2) is 11.2 Å². The van der Waals surface area contributed by atoms with Crippen LogP contribution in [0.5, 0.6) is 0 Å². The van der Waals surface area contributed by atoms with Gasteiger partial charge in [0.1, 0.15) is 0 Å². The molecule has 120 valence electrons. The normalized spacial score (nSPS) is 17.1. The molecule has 1 fully saturated rings. The van der Waals surface area contributed by atoms with Crippen LogP contribution < -0.4 is 16.1 Å². The molecular weight excluding hydrogens is 286 g/mol. The van der Waals surface area contributed by atoms with Crippen LogP contribution in [0.4, 0.5) is 5.95 Å². The van der Waals surface area contributed by atoms with Gasteiger partial charge in [-0.1, -0.05) is 0 Å². The van der Waals surface area contributed by atoms with E-state index in [0.29, 0.717) is 17.1 Å². The van der Waals surface area contributed by atoms with Crippen molar-refractivity contribution in [2.45, 2.75) is 38.8 Å². The van der Waals surface area contributed by atoms with E-state index in [1.165, 1.54) is 11.0 Å². The minimum absolute atomic E-state index is 0.267. The first-order valence-corrected chi connectivity index (χ1v) is 7.61. The maximum Gasteiger partial charge on any atom is 0.329 e. The third-order valence-electron chi connectivity index (χ3n) is 4.07. The van der Waals surface area contributed by atoms with Crippen LogP contribution >= 0.6 is 0 Å². The molecule has 0 bridgehead atoms. The average molecular weight is 307 g/mol. The highest BCUT2D eigenvalue weighted by molar-refractivity contribution is 5.74. The van der Waals surface area contributed by atoms with E-state index in [1.807, 2.05) is 0 Å². The second-order valence-electron chi connectivity index (χ2n) is 5.91. The van der Waals surface area contributed by atoms with Crippen LogP contribution in [-0.2, 0) is 13.6 Å². The lowest BCUT2D eigenvalue weighted by Crippen LogP contribution is -2.33. The summed E-state index contributed by atoms with van der Waals surface area (Å²) in [7, 11) is 1.58. The summed E-state index contributed by atoms with van der Waals surface area (Å²) in [5.41, 5.74) is -0.252. The van der Waals surface area contributed by atoms with Gasteiger partial charge in [-0.05, 0) is 26.2 Å². The number of hydrogen-bond acceptors (Lipinski definition) is 5. The molecule has 1 saturated heterocycles. The van der Waals surface area contributed by atoms with Gasteiger partial charge in [0.2, 0.25) is 5.95 Å². The molecule has 1 aliphatic rings. The second-order valence-corrected chi connectivity index (χ2v) is 5.91. The first-order valence-electron chi connectivity index (χ1n) is 7.61. The second kappa shape index (κ2) is 5.60. The Bertz CT molecular complexity index is 795. The molecule has 8 heteroatoms. The molecule has 2 N–H and O–H groups in total. The lowest BCUT2D eigenvalue weighted by atomic mass is 10.1. The van der Waals surface area contributed by atoms with Gasteiger partial charge < -0.3 is 14.6 Å². The molecule has 2 aromatic heterocycles. The third kappa shape index (κ3) is 2.43. The molecule has 0 radical (unpaired) electrons. The smallest absolute Gasteiger partial charge is 0.329 e. The molecule has 0 aliphatic carbocycles. The van der Waals surface area contributed by atoms with Gasteiger partial charge in [-0.15, -0.1) is 0 Å². The number of piperidine rings is 1. The molecule has 3 heterocycles. The highest BCUT2D eigenvalue weighted by Gasteiger charge is 2.23. The molecule has 0 amide bonds. The van der Waals surface area contributed by atoms with Crippen molar-refractivity contribution >= 4 is 17.1 Å². The zero-order valence-electron chi connectivity index (χ0n) is 12.9. The van der Waals surface area contributed by atoms with E-state index < -0.39 is 17.4 Å². The minimum atomic E-state index is -0.613. The Morgan fingerprint density at radius 3 is 2.59 bits per heavy atom. The fraction of sp³-hybridized carbons (Fsp3) is 0.643. The number of H-pyrrole nitrogens is 1. The van der Waals surface area contributed by atoms with Gasteiger partial charge >= 0.3 is 5.69 Å². The molecule has 3 rings (SSSR count). The van der Waals surface area contributed by atoms with Crippen molar-refractivity contribution in [1.29, 1.82) is 0 Å². The van der Waals surface area contributed by atoms with Crippen molar-refractivity contribution < 1.29 is 5.11 Å². The summed E-state index contributed by atoms with van der Waals surface area (Å²) in [5.74, 6) is 0.655. The first kappa shape index (κ1) is 14.8. The summed E-state index contributed by atoms with van der Waals surface area (Å²) >= 11 is 0. The van der Waals surface area contributed by atoms with Gasteiger partial charge in [-0.3, -0.25) is 14.3 Å². The van der Waals surface area contributed by atoms with E-state index in [-0.39, 0.29) is 6.54 Å². The fourth-order valence-electron chi connectivity index (χ4n) is 3.00. The van der Waals surface area contributed by atoms with Gasteiger partial charge in [0.05, 0.1) is 12.6 Å². The number of aromatic amines is 1. The molecule has 8 nitrogen and oxygen atoms in total. The number of aromatic nitrogens is 4. The maximum absolute atomic E-state index is 12.2. The predicted molar refractivity (Wildman–Crippen MR) is 83.3 cm³/mol. The van der Waals surface area contributed by atoms with Gasteiger partial charge in [0.25, 0.3) is 5.56 Å². The Morgan fingerprint density at radius 2 is 1.95 bits per heavy atom. The van der Waals surface area contributed by atoms with E-state index in [0.717, 1.165) is 25.9 Å². The highest BCUT2D eigenvalue weighted by Crippen LogP contribution is 2.23. The van der Waals surface area contributed by atoms with Crippen LogP contribution in [0.1, 0.15) is 26.2 Å². The van der Waals surface area contributed by atoms with Crippen molar-refractivity contribution in [3.63, 3.8) is 0 Å². The van der Waals surface area contributed by atoms with Crippen LogP contribution in [0.25, 0.3) is 11.2 Å². The number of anilines is 1. The SMILES string of the molecule is C[C@H](O)Cn1c(N2CCCCC2)nc2c1c(=O)[nH]c(=O)n2C. The zero-order valence-corrected chi connectivity index (χ0v) is 12.9. The number of nitrogens with zero attached hydrogens (tertiary/aromatic N) is 4. The Labute approximate surface area is 127 Å². The number of aliphatic hydroxyl groups excluding tert-OH is 1. The largest absolute Gasteiger partial charge is 0.392 e. The third-order valence-corrected chi connectivity index (χ3v) is 4.07. The van der Waals surface area contributed by atoms with Gasteiger partial charge in [-0.25, -0.2) is 4.79 Å². The summed E-state index contributed by atoms with van der Waals surface area (Å²) in [6, 6.07) is 0. The van der Waals surface area contributed by atoms with Crippen molar-refractivity contribution in [3.8, 4) is 0 Å². The molecule has 22 heavy (non-hydrogen) atoms. The molecule has 1 atom stereocenters. The average Bonchev–Trinajstić information content (AvgIpc) is 2.85. The molecule has 1 aliphatic heterocycles. The van der Waals surface area contributed by atoms with Crippen LogP contribution in [0.15, 0.2) is 9.59 Å². The highest BCUT2D eigenvalue weighted by atomic mass is 16.3. The summed E-state index contributed by atoms with van der Waals surface area (Å²) < 4.78 is 3.06. The van der Waals surface area contributed by atoms with Crippen LogP contribution in [0, 0.1) is 0 Å². The van der Waals surface area contributed by atoms with Crippen LogP contribution in [0.3, 0.4) is 0 Å². The number of aliphatic hydroxyl groups is 1. The summed E-state index contributed by atoms with van der Waals surface area (Å²) in [6.07, 6.45) is 2.73. The quantitative estimate of drug-likeness (QED) is 0.818. The summed E-state index contributed by atoms with van der Waals surface area (Å²) in [5, 5.41) is 9.77. The predicted octanol–water partition coefficient (Wildman–Crippen LogP) is -0.206. The Hall–Kier alpha value is -2.09. The van der Waals surface area contributed by atoms with E-state index >= 15 is 0 Å². The van der Waals surface area contributed by atoms with Crippen molar-refractivity contribution in [1.82, 2.24) is 19.1 Å². The van der Waals surface area contributed by atoms with Crippen molar-refractivity contribution in [3.05, 3.63) is 20.8 Å². The van der Waals surface area contributed by atoms with Crippen molar-refractivity contribution in [2.75, 3.05) is 18.0 Å². The molecule has 0 unspecified atom stereocenters. The fourth-order valence-corrected chi connectivity index (χ4v) is 3.00. The summed E-state index contributed by atoms with van der Waals surface area (Å²) in [6.45, 7) is 3.68. The number of imidazole rings is 1. The minimum Gasteiger partial charge on any atom is -0.392 e. The molecule has 2 aromatic rings. The van der Waals surface area contributed by atoms with E-state index in [4.69, 9.17) is 0 Å². The lowest BCUT2D eigenvalue weighted by molar-refractivity contribution is 0.175. The number of aryl methyl sites for hydroxylation is 1. The Morgan fingerprint density at radius 1 is 1.27 bits per heavy atom. The van der Waals surface area contributed by atoms with E-state index in [2.05, 4.69) is 14.9 Å². The Balaban J connectivity index is 2.26. The van der Waals surface area contributed by atoms with Gasteiger partial charge in [0, 0.05) is 20.1 Å². The first-order chi connectivity index (χ1) is 10.5. The van der Waals surface area contributed by atoms with Crippen LogP contribution in [0.2, 0.25) is 0 Å². The van der Waals surface area contributed by atoms with E-state index in [9.17, 15) is 14.7 Å². The topological polar surface area (TPSA) is 96.2 Å². The molecule has 0 aromatic carbocycles. The molecule has 0 saturated carbocycles. The lowest BCUT2D eigenvalue weighted by Gasteiger charge is -2.28. The standard InChI is InChI=1S/C14H21N5O3/c1-9(20)8-19-10-11(17(2)14(22)16-12(10)21)15-13(19)18-6-4-3-5-7-18/h9,20H,3-8H2,1-2H3,(H,16,21,22)/t9-/m0/s1. The number of fused-ring (bicyclic) bond motifs is 1.